The zero-order valence-corrected chi connectivity index (χ0v) is 14.4. The number of aromatic nitrogens is 2. The molecular weight excluding hydrogens is 308 g/mol. The molecule has 132 valence electrons. The van der Waals surface area contributed by atoms with Gasteiger partial charge in [0.25, 0.3) is 5.91 Å². The number of fused-ring (bicyclic) bond motifs is 2. The lowest BCUT2D eigenvalue weighted by atomic mass is 9.79. The van der Waals surface area contributed by atoms with E-state index in [1.807, 2.05) is 4.90 Å². The van der Waals surface area contributed by atoms with Gasteiger partial charge in [-0.1, -0.05) is 0 Å². The molecule has 2 fully saturated rings. The summed E-state index contributed by atoms with van der Waals surface area (Å²) in [6.45, 7) is 2.40. The monoisotopic (exact) mass is 334 g/mol. The second-order valence-corrected chi connectivity index (χ2v) is 7.48. The fourth-order valence-corrected chi connectivity index (χ4v) is 4.66. The molecule has 1 saturated carbocycles. The molecule has 1 amide bonds. The predicted octanol–water partition coefficient (Wildman–Crippen LogP) is 0.542. The quantitative estimate of drug-likeness (QED) is 0.825. The molecule has 24 heavy (non-hydrogen) atoms. The molecule has 3 atom stereocenters. The highest BCUT2D eigenvalue weighted by Gasteiger charge is 2.52. The highest BCUT2D eigenvalue weighted by Crippen LogP contribution is 2.43. The maximum absolute atomic E-state index is 13.2. The van der Waals surface area contributed by atoms with Gasteiger partial charge in [-0.05, 0) is 32.7 Å². The van der Waals surface area contributed by atoms with Crippen molar-refractivity contribution in [3.63, 3.8) is 0 Å². The predicted molar refractivity (Wildman–Crippen MR) is 87.7 cm³/mol. The van der Waals surface area contributed by atoms with Crippen LogP contribution in [0.3, 0.4) is 0 Å². The van der Waals surface area contributed by atoms with Crippen LogP contribution in [-0.4, -0.2) is 76.0 Å². The van der Waals surface area contributed by atoms with E-state index in [2.05, 4.69) is 22.1 Å². The first-order valence-corrected chi connectivity index (χ1v) is 8.83. The summed E-state index contributed by atoms with van der Waals surface area (Å²) in [5, 5.41) is 17.5. The molecule has 3 heterocycles. The van der Waals surface area contributed by atoms with Crippen molar-refractivity contribution in [2.45, 2.75) is 56.4 Å². The zero-order valence-electron chi connectivity index (χ0n) is 14.4. The number of nitrogens with one attached hydrogen (secondary N) is 1. The van der Waals surface area contributed by atoms with Crippen LogP contribution < -0.4 is 0 Å². The third-order valence-corrected chi connectivity index (χ3v) is 6.15. The molecule has 7 nitrogen and oxygen atoms in total. The lowest BCUT2D eigenvalue weighted by Crippen LogP contribution is -2.53. The van der Waals surface area contributed by atoms with Gasteiger partial charge in [0.05, 0.1) is 17.7 Å². The molecule has 1 saturated heterocycles. The number of hydrogen-bond acceptors (Lipinski definition) is 5. The van der Waals surface area contributed by atoms with Gasteiger partial charge in [0.15, 0.2) is 5.69 Å². The van der Waals surface area contributed by atoms with Gasteiger partial charge in [0, 0.05) is 44.4 Å². The van der Waals surface area contributed by atoms with Crippen LogP contribution in [0.1, 0.15) is 47.4 Å². The van der Waals surface area contributed by atoms with Gasteiger partial charge < -0.3 is 19.6 Å². The Hall–Kier alpha value is -1.44. The van der Waals surface area contributed by atoms with Crippen LogP contribution in [0.15, 0.2) is 0 Å². The summed E-state index contributed by atoms with van der Waals surface area (Å²) in [5.74, 6) is -0.0270. The number of likely N-dealkylation sites (tertiary alicyclic amines) is 1. The SMILES string of the molecule is CO[C@@]12CC[C@H](O)C[C@@H]1N(C(=O)c1n[nH]c3c1CN(C)CC3)CC2. The van der Waals surface area contributed by atoms with E-state index in [9.17, 15) is 9.90 Å². The zero-order chi connectivity index (χ0) is 16.9. The van der Waals surface area contributed by atoms with Gasteiger partial charge in [-0.25, -0.2) is 0 Å². The van der Waals surface area contributed by atoms with Gasteiger partial charge in [-0.15, -0.1) is 0 Å². The highest BCUT2D eigenvalue weighted by atomic mass is 16.5. The Labute approximate surface area is 142 Å². The summed E-state index contributed by atoms with van der Waals surface area (Å²) in [7, 11) is 3.79. The molecule has 0 bridgehead atoms. The normalized spacial score (nSPS) is 33.4. The van der Waals surface area contributed by atoms with Crippen molar-refractivity contribution >= 4 is 5.91 Å². The molecule has 0 unspecified atom stereocenters. The first kappa shape index (κ1) is 16.1. The van der Waals surface area contributed by atoms with Crippen molar-refractivity contribution < 1.29 is 14.6 Å². The number of amides is 1. The molecule has 0 spiro atoms. The fourth-order valence-electron chi connectivity index (χ4n) is 4.66. The van der Waals surface area contributed by atoms with E-state index in [4.69, 9.17) is 4.74 Å². The second-order valence-electron chi connectivity index (χ2n) is 7.48. The second kappa shape index (κ2) is 5.82. The number of ether oxygens (including phenoxy) is 1. The molecule has 7 heteroatoms. The molecule has 4 rings (SSSR count). The van der Waals surface area contributed by atoms with Crippen LogP contribution >= 0.6 is 0 Å². The maximum Gasteiger partial charge on any atom is 0.275 e. The summed E-state index contributed by atoms with van der Waals surface area (Å²) < 4.78 is 5.84. The van der Waals surface area contributed by atoms with E-state index in [1.54, 1.807) is 7.11 Å². The van der Waals surface area contributed by atoms with Crippen molar-refractivity contribution in [2.24, 2.45) is 0 Å². The minimum atomic E-state index is -0.356. The highest BCUT2D eigenvalue weighted by molar-refractivity contribution is 5.94. The van der Waals surface area contributed by atoms with Crippen LogP contribution in [0.25, 0.3) is 0 Å². The lowest BCUT2D eigenvalue weighted by molar-refractivity contribution is -0.0825. The number of nitrogens with zero attached hydrogens (tertiary/aromatic N) is 3. The summed E-state index contributed by atoms with van der Waals surface area (Å²) in [4.78, 5) is 17.3. The molecule has 1 aromatic rings. The van der Waals surface area contributed by atoms with Crippen LogP contribution in [0.5, 0.6) is 0 Å². The summed E-state index contributed by atoms with van der Waals surface area (Å²) in [6.07, 6.45) is 3.52. The lowest BCUT2D eigenvalue weighted by Gasteiger charge is -2.42. The molecule has 0 aromatic carbocycles. The van der Waals surface area contributed by atoms with Crippen molar-refractivity contribution in [3.8, 4) is 0 Å². The minimum Gasteiger partial charge on any atom is -0.393 e. The van der Waals surface area contributed by atoms with E-state index in [1.165, 1.54) is 0 Å². The fraction of sp³-hybridized carbons (Fsp3) is 0.765. The van der Waals surface area contributed by atoms with Crippen molar-refractivity contribution in [1.82, 2.24) is 20.0 Å². The molecule has 1 aromatic heterocycles. The van der Waals surface area contributed by atoms with E-state index in [-0.39, 0.29) is 23.7 Å². The van der Waals surface area contributed by atoms with Gasteiger partial charge in [0.1, 0.15) is 0 Å². The number of aliphatic hydroxyl groups excluding tert-OH is 1. The standard InChI is InChI=1S/C17H26N4O3/c1-20-7-4-13-12(10-20)15(19-18-13)16(23)21-8-6-17(24-2)5-3-11(22)9-14(17)21/h11,14,22H,3-10H2,1-2H3,(H,18,19)/t11-,14-,17+/m0/s1. The van der Waals surface area contributed by atoms with E-state index in [0.717, 1.165) is 50.0 Å². The van der Waals surface area contributed by atoms with Crippen LogP contribution in [0.2, 0.25) is 0 Å². The van der Waals surface area contributed by atoms with Gasteiger partial charge in [0.2, 0.25) is 0 Å². The third-order valence-electron chi connectivity index (χ3n) is 6.15. The van der Waals surface area contributed by atoms with Gasteiger partial charge in [-0.3, -0.25) is 9.89 Å². The van der Waals surface area contributed by atoms with E-state index in [0.29, 0.717) is 18.7 Å². The number of aliphatic hydroxyl groups is 1. The number of H-pyrrole nitrogens is 1. The number of methoxy groups -OCH3 is 1. The van der Waals surface area contributed by atoms with Gasteiger partial charge >= 0.3 is 0 Å². The summed E-state index contributed by atoms with van der Waals surface area (Å²) >= 11 is 0. The number of hydrogen-bond donors (Lipinski definition) is 2. The maximum atomic E-state index is 13.2. The molecule has 3 aliphatic rings. The number of rotatable bonds is 2. The molecule has 1 aliphatic carbocycles. The Bertz CT molecular complexity index is 646. The molecule has 0 radical (unpaired) electrons. The van der Waals surface area contributed by atoms with E-state index < -0.39 is 0 Å². The number of aromatic amines is 1. The summed E-state index contributed by atoms with van der Waals surface area (Å²) in [5.41, 5.74) is 2.35. The average Bonchev–Trinajstić information content (AvgIpc) is 3.15. The number of carbonyl (C=O) groups is 1. The van der Waals surface area contributed by atoms with Gasteiger partial charge in [-0.2, -0.15) is 5.10 Å². The third kappa shape index (κ3) is 2.37. The largest absolute Gasteiger partial charge is 0.393 e. The van der Waals surface area contributed by atoms with Crippen LogP contribution in [0, 0.1) is 0 Å². The number of carbonyl (C=O) groups excluding carboxylic acids is 1. The molecule has 2 aliphatic heterocycles. The van der Waals surface area contributed by atoms with Crippen molar-refractivity contribution in [1.29, 1.82) is 0 Å². The Morgan fingerprint density at radius 2 is 2.25 bits per heavy atom. The van der Waals surface area contributed by atoms with Crippen LogP contribution in [0.4, 0.5) is 0 Å². The molecule has 2 N–H and O–H groups in total. The topological polar surface area (TPSA) is 81.7 Å². The Balaban J connectivity index is 1.62. The summed E-state index contributed by atoms with van der Waals surface area (Å²) in [6, 6.07) is -0.0626. The van der Waals surface area contributed by atoms with Crippen molar-refractivity contribution in [2.75, 3.05) is 27.2 Å². The number of likely N-dealkylation sites (N-methyl/N-ethyl adjacent to an activating group) is 1. The smallest absolute Gasteiger partial charge is 0.275 e. The Morgan fingerprint density at radius 1 is 1.42 bits per heavy atom. The van der Waals surface area contributed by atoms with Crippen LogP contribution in [-0.2, 0) is 17.7 Å². The first-order valence-electron chi connectivity index (χ1n) is 8.83. The first-order chi connectivity index (χ1) is 11.5. The minimum absolute atomic E-state index is 0.0270. The Kier molecular flexibility index (Phi) is 3.89. The molecular formula is C17H26N4O3. The average molecular weight is 334 g/mol. The van der Waals surface area contributed by atoms with Crippen molar-refractivity contribution in [3.05, 3.63) is 17.0 Å². The van der Waals surface area contributed by atoms with E-state index >= 15 is 0 Å². The Morgan fingerprint density at radius 3 is 3.04 bits per heavy atom.